The quantitative estimate of drug-likeness (QED) is 0.933. The van der Waals surface area contributed by atoms with Gasteiger partial charge in [-0.3, -0.25) is 9.78 Å². The third kappa shape index (κ3) is 3.26. The van der Waals surface area contributed by atoms with E-state index in [0.717, 1.165) is 11.1 Å². The molecular formula is C16H21N3O. The van der Waals surface area contributed by atoms with Crippen molar-refractivity contribution in [2.45, 2.75) is 39.8 Å². The fraction of sp³-hybridized carbons (Fsp3) is 0.375. The molecule has 0 aliphatic heterocycles. The minimum Gasteiger partial charge on any atom is -0.348 e. The third-order valence-electron chi connectivity index (χ3n) is 3.31. The van der Waals surface area contributed by atoms with E-state index in [-0.39, 0.29) is 11.4 Å². The Morgan fingerprint density at radius 1 is 1.35 bits per heavy atom. The van der Waals surface area contributed by atoms with Gasteiger partial charge in [0.25, 0.3) is 5.91 Å². The predicted octanol–water partition coefficient (Wildman–Crippen LogP) is 2.88. The zero-order valence-corrected chi connectivity index (χ0v) is 12.5. The Morgan fingerprint density at radius 2 is 2.10 bits per heavy atom. The van der Waals surface area contributed by atoms with Crippen molar-refractivity contribution in [3.63, 3.8) is 0 Å². The van der Waals surface area contributed by atoms with Crippen LogP contribution in [0.15, 0.2) is 36.9 Å². The normalized spacial score (nSPS) is 11.4. The van der Waals surface area contributed by atoms with Crippen LogP contribution in [-0.4, -0.2) is 15.5 Å². The number of rotatable bonds is 3. The zero-order valence-electron chi connectivity index (χ0n) is 12.5. The molecule has 20 heavy (non-hydrogen) atoms. The molecule has 0 aliphatic carbocycles. The summed E-state index contributed by atoms with van der Waals surface area (Å²) in [6, 6.07) is 3.77. The monoisotopic (exact) mass is 271 g/mol. The van der Waals surface area contributed by atoms with Crippen LogP contribution < -0.4 is 5.32 Å². The molecule has 0 fully saturated rings. The molecule has 0 saturated carbocycles. The Kier molecular flexibility index (Phi) is 3.93. The zero-order chi connectivity index (χ0) is 14.8. The molecule has 2 aromatic heterocycles. The number of pyridine rings is 1. The van der Waals surface area contributed by atoms with Gasteiger partial charge in [-0.1, -0.05) is 0 Å². The van der Waals surface area contributed by atoms with Gasteiger partial charge < -0.3 is 9.88 Å². The highest BCUT2D eigenvalue weighted by Crippen LogP contribution is 2.15. The molecule has 106 valence electrons. The molecule has 0 aliphatic rings. The summed E-state index contributed by atoms with van der Waals surface area (Å²) in [5.41, 5.74) is 2.84. The van der Waals surface area contributed by atoms with Gasteiger partial charge in [-0.2, -0.15) is 0 Å². The highest BCUT2D eigenvalue weighted by Gasteiger charge is 2.15. The lowest BCUT2D eigenvalue weighted by atomic mass is 10.1. The third-order valence-corrected chi connectivity index (χ3v) is 3.31. The Labute approximate surface area is 119 Å². The van der Waals surface area contributed by atoms with Gasteiger partial charge in [0.15, 0.2) is 0 Å². The first-order chi connectivity index (χ1) is 9.38. The molecule has 1 N–H and O–H groups in total. The van der Waals surface area contributed by atoms with Crippen LogP contribution in [0.2, 0.25) is 0 Å². The van der Waals surface area contributed by atoms with Crippen LogP contribution in [0.3, 0.4) is 0 Å². The molecule has 0 saturated heterocycles. The van der Waals surface area contributed by atoms with Gasteiger partial charge >= 0.3 is 0 Å². The number of hydrogen-bond acceptors (Lipinski definition) is 2. The summed E-state index contributed by atoms with van der Waals surface area (Å²) in [4.78, 5) is 16.2. The van der Waals surface area contributed by atoms with Crippen molar-refractivity contribution in [1.82, 2.24) is 14.9 Å². The van der Waals surface area contributed by atoms with E-state index in [1.165, 1.54) is 0 Å². The van der Waals surface area contributed by atoms with Crippen LogP contribution in [-0.2, 0) is 12.1 Å². The minimum absolute atomic E-state index is 0.0137. The smallest absolute Gasteiger partial charge is 0.253 e. The number of carbonyl (C=O) groups is 1. The van der Waals surface area contributed by atoms with Crippen LogP contribution in [0.4, 0.5) is 0 Å². The van der Waals surface area contributed by atoms with Gasteiger partial charge in [0.1, 0.15) is 0 Å². The molecule has 0 bridgehead atoms. The van der Waals surface area contributed by atoms with Crippen molar-refractivity contribution in [3.8, 4) is 0 Å². The largest absolute Gasteiger partial charge is 0.348 e. The Bertz CT molecular complexity index is 608. The number of amides is 1. The van der Waals surface area contributed by atoms with Crippen LogP contribution in [0, 0.1) is 6.92 Å². The first-order valence-corrected chi connectivity index (χ1v) is 6.74. The van der Waals surface area contributed by atoms with Gasteiger partial charge in [-0.25, -0.2) is 0 Å². The van der Waals surface area contributed by atoms with Crippen LogP contribution in [0.1, 0.15) is 42.3 Å². The first kappa shape index (κ1) is 14.3. The Balaban J connectivity index is 2.02. The van der Waals surface area contributed by atoms with E-state index >= 15 is 0 Å². The van der Waals surface area contributed by atoms with Crippen molar-refractivity contribution in [2.75, 3.05) is 0 Å². The SMILES string of the molecule is Cc1cnccc1CNC(=O)c1ccn(C(C)(C)C)c1. The molecule has 2 heterocycles. The standard InChI is InChI=1S/C16H21N3O/c1-12-9-17-7-5-13(12)10-18-15(20)14-6-8-19(11-14)16(2,3)4/h5-9,11H,10H2,1-4H3,(H,18,20). The maximum atomic E-state index is 12.1. The van der Waals surface area contributed by atoms with Crippen molar-refractivity contribution in [2.24, 2.45) is 0 Å². The second-order valence-corrected chi connectivity index (χ2v) is 5.96. The molecule has 0 atom stereocenters. The van der Waals surface area contributed by atoms with Crippen LogP contribution >= 0.6 is 0 Å². The fourth-order valence-corrected chi connectivity index (χ4v) is 1.93. The second-order valence-electron chi connectivity index (χ2n) is 5.96. The van der Waals surface area contributed by atoms with Crippen molar-refractivity contribution >= 4 is 5.91 Å². The number of nitrogens with one attached hydrogen (secondary N) is 1. The van der Waals surface area contributed by atoms with Gasteiger partial charge in [0, 0.05) is 36.9 Å². The molecule has 2 aromatic rings. The summed E-state index contributed by atoms with van der Waals surface area (Å²) in [5.74, 6) is -0.0517. The first-order valence-electron chi connectivity index (χ1n) is 6.74. The van der Waals surface area contributed by atoms with E-state index in [9.17, 15) is 4.79 Å². The molecule has 2 rings (SSSR count). The van der Waals surface area contributed by atoms with E-state index in [1.54, 1.807) is 12.4 Å². The maximum absolute atomic E-state index is 12.1. The molecule has 0 radical (unpaired) electrons. The highest BCUT2D eigenvalue weighted by molar-refractivity contribution is 5.94. The minimum atomic E-state index is -0.0517. The summed E-state index contributed by atoms with van der Waals surface area (Å²) in [6.07, 6.45) is 7.36. The molecule has 0 spiro atoms. The summed E-state index contributed by atoms with van der Waals surface area (Å²) in [6.45, 7) is 8.83. The summed E-state index contributed by atoms with van der Waals surface area (Å²) >= 11 is 0. The number of aryl methyl sites for hydroxylation is 1. The van der Waals surface area contributed by atoms with Crippen LogP contribution in [0.25, 0.3) is 0 Å². The van der Waals surface area contributed by atoms with E-state index in [2.05, 4.69) is 31.1 Å². The van der Waals surface area contributed by atoms with Gasteiger partial charge in [0.2, 0.25) is 0 Å². The molecule has 1 amide bonds. The summed E-state index contributed by atoms with van der Waals surface area (Å²) in [7, 11) is 0. The van der Waals surface area contributed by atoms with Crippen molar-refractivity contribution < 1.29 is 4.79 Å². The number of aromatic nitrogens is 2. The van der Waals surface area contributed by atoms with Crippen molar-refractivity contribution in [3.05, 3.63) is 53.6 Å². The molecule has 0 aromatic carbocycles. The summed E-state index contributed by atoms with van der Waals surface area (Å²) in [5, 5.41) is 2.94. The number of hydrogen-bond donors (Lipinski definition) is 1. The predicted molar refractivity (Wildman–Crippen MR) is 79.6 cm³/mol. The van der Waals surface area contributed by atoms with Gasteiger partial charge in [-0.15, -0.1) is 0 Å². The maximum Gasteiger partial charge on any atom is 0.253 e. The van der Waals surface area contributed by atoms with Crippen LogP contribution in [0.5, 0.6) is 0 Å². The fourth-order valence-electron chi connectivity index (χ4n) is 1.93. The lowest BCUT2D eigenvalue weighted by Crippen LogP contribution is -2.24. The average molecular weight is 271 g/mol. The van der Waals surface area contributed by atoms with Gasteiger partial charge in [0.05, 0.1) is 5.56 Å². The lowest BCUT2D eigenvalue weighted by Gasteiger charge is -2.20. The second kappa shape index (κ2) is 5.49. The average Bonchev–Trinajstić information content (AvgIpc) is 2.87. The highest BCUT2D eigenvalue weighted by atomic mass is 16.1. The van der Waals surface area contributed by atoms with Gasteiger partial charge in [-0.05, 0) is 51.0 Å². The lowest BCUT2D eigenvalue weighted by molar-refractivity contribution is 0.0950. The Morgan fingerprint density at radius 3 is 2.70 bits per heavy atom. The van der Waals surface area contributed by atoms with E-state index in [0.29, 0.717) is 12.1 Å². The number of carbonyl (C=O) groups excluding carboxylic acids is 1. The van der Waals surface area contributed by atoms with E-state index in [4.69, 9.17) is 0 Å². The van der Waals surface area contributed by atoms with Crippen molar-refractivity contribution in [1.29, 1.82) is 0 Å². The molecule has 4 heteroatoms. The van der Waals surface area contributed by atoms with E-state index in [1.807, 2.05) is 36.0 Å². The Hall–Kier alpha value is -2.10. The molecule has 0 unspecified atom stereocenters. The molecule has 4 nitrogen and oxygen atoms in total. The number of nitrogens with zero attached hydrogens (tertiary/aromatic N) is 2. The summed E-state index contributed by atoms with van der Waals surface area (Å²) < 4.78 is 2.04. The topological polar surface area (TPSA) is 46.9 Å². The molecular weight excluding hydrogens is 250 g/mol. The van der Waals surface area contributed by atoms with E-state index < -0.39 is 0 Å².